The van der Waals surface area contributed by atoms with Crippen LogP contribution in [-0.2, 0) is 16.0 Å². The molecular formula is C10H10BrFO2. The third-order valence-corrected chi connectivity index (χ3v) is 3.03. The Labute approximate surface area is 90.2 Å². The van der Waals surface area contributed by atoms with Crippen molar-refractivity contribution in [3.05, 3.63) is 33.5 Å². The van der Waals surface area contributed by atoms with Gasteiger partial charge in [-0.1, -0.05) is 22.0 Å². The molecule has 0 aliphatic carbocycles. The zero-order valence-electron chi connectivity index (χ0n) is 7.93. The molecule has 0 spiro atoms. The molecule has 1 aromatic carbocycles. The number of esters is 1. The number of methoxy groups -OCH3 is 1. The van der Waals surface area contributed by atoms with Crippen molar-refractivity contribution >= 4 is 21.9 Å². The summed E-state index contributed by atoms with van der Waals surface area (Å²) in [5, 5.41) is 0. The fourth-order valence-electron chi connectivity index (χ4n) is 1.09. The minimum atomic E-state index is -0.449. The predicted molar refractivity (Wildman–Crippen MR) is 54.6 cm³/mol. The fourth-order valence-corrected chi connectivity index (χ4v) is 1.56. The van der Waals surface area contributed by atoms with Crippen LogP contribution >= 0.6 is 15.9 Å². The van der Waals surface area contributed by atoms with Gasteiger partial charge in [0.25, 0.3) is 0 Å². The lowest BCUT2D eigenvalue weighted by molar-refractivity contribution is -0.139. The maximum atomic E-state index is 13.3. The number of hydrogen-bond donors (Lipinski definition) is 0. The molecular weight excluding hydrogens is 251 g/mol. The van der Waals surface area contributed by atoms with Crippen LogP contribution in [0.2, 0.25) is 0 Å². The lowest BCUT2D eigenvalue weighted by Gasteiger charge is -2.07. The van der Waals surface area contributed by atoms with Crippen molar-refractivity contribution in [2.24, 2.45) is 0 Å². The highest BCUT2D eigenvalue weighted by molar-refractivity contribution is 9.10. The van der Waals surface area contributed by atoms with E-state index in [2.05, 4.69) is 20.7 Å². The van der Waals surface area contributed by atoms with Crippen LogP contribution < -0.4 is 0 Å². The molecule has 0 saturated heterocycles. The summed E-state index contributed by atoms with van der Waals surface area (Å²) in [5.74, 6) is -0.844. The van der Waals surface area contributed by atoms with E-state index in [1.807, 2.05) is 6.92 Å². The quantitative estimate of drug-likeness (QED) is 0.765. The standard InChI is InChI=1S/C10H10BrFO2/c1-6-3-4-8(12)7(10(6)11)5-9(13)14-2/h3-4H,5H2,1-2H3. The first-order chi connectivity index (χ1) is 6.56. The monoisotopic (exact) mass is 260 g/mol. The van der Waals surface area contributed by atoms with Gasteiger partial charge >= 0.3 is 5.97 Å². The third-order valence-electron chi connectivity index (χ3n) is 1.93. The first-order valence-corrected chi connectivity index (χ1v) is 4.86. The molecule has 0 aromatic heterocycles. The molecule has 0 heterocycles. The van der Waals surface area contributed by atoms with E-state index in [-0.39, 0.29) is 6.42 Å². The molecule has 0 atom stereocenters. The van der Waals surface area contributed by atoms with Gasteiger partial charge in [0.2, 0.25) is 0 Å². The molecule has 0 bridgehead atoms. The van der Waals surface area contributed by atoms with E-state index in [0.717, 1.165) is 5.56 Å². The molecule has 0 aliphatic rings. The Hall–Kier alpha value is -0.900. The van der Waals surface area contributed by atoms with E-state index in [1.54, 1.807) is 6.07 Å². The van der Waals surface area contributed by atoms with E-state index < -0.39 is 11.8 Å². The fraction of sp³-hybridized carbons (Fsp3) is 0.300. The van der Waals surface area contributed by atoms with Gasteiger partial charge in [-0.25, -0.2) is 4.39 Å². The van der Waals surface area contributed by atoms with Crippen LogP contribution in [0.25, 0.3) is 0 Å². The number of hydrogen-bond acceptors (Lipinski definition) is 2. The molecule has 0 N–H and O–H groups in total. The number of ether oxygens (including phenoxy) is 1. The third kappa shape index (κ3) is 2.32. The lowest BCUT2D eigenvalue weighted by atomic mass is 10.1. The lowest BCUT2D eigenvalue weighted by Crippen LogP contribution is -2.07. The Balaban J connectivity index is 3.06. The second kappa shape index (κ2) is 4.55. The van der Waals surface area contributed by atoms with Crippen molar-refractivity contribution in [2.75, 3.05) is 7.11 Å². The Morgan fingerprint density at radius 2 is 2.21 bits per heavy atom. The van der Waals surface area contributed by atoms with Crippen LogP contribution in [0.3, 0.4) is 0 Å². The molecule has 2 nitrogen and oxygen atoms in total. The first-order valence-electron chi connectivity index (χ1n) is 4.06. The van der Waals surface area contributed by atoms with E-state index in [4.69, 9.17) is 0 Å². The van der Waals surface area contributed by atoms with E-state index in [9.17, 15) is 9.18 Å². The molecule has 0 unspecified atom stereocenters. The SMILES string of the molecule is COC(=O)Cc1c(F)ccc(C)c1Br. The smallest absolute Gasteiger partial charge is 0.310 e. The molecule has 14 heavy (non-hydrogen) atoms. The second-order valence-corrected chi connectivity index (χ2v) is 3.70. The second-order valence-electron chi connectivity index (χ2n) is 2.91. The Morgan fingerprint density at radius 3 is 2.79 bits per heavy atom. The Bertz CT molecular complexity index is 363. The number of benzene rings is 1. The largest absolute Gasteiger partial charge is 0.469 e. The zero-order valence-corrected chi connectivity index (χ0v) is 9.52. The van der Waals surface area contributed by atoms with Gasteiger partial charge < -0.3 is 4.74 Å². The van der Waals surface area contributed by atoms with Crippen molar-refractivity contribution in [2.45, 2.75) is 13.3 Å². The van der Waals surface area contributed by atoms with E-state index in [0.29, 0.717) is 10.0 Å². The average molecular weight is 261 g/mol. The average Bonchev–Trinajstić information content (AvgIpc) is 2.18. The van der Waals surface area contributed by atoms with Gasteiger partial charge in [0.05, 0.1) is 13.5 Å². The number of rotatable bonds is 2. The highest BCUT2D eigenvalue weighted by Gasteiger charge is 2.13. The van der Waals surface area contributed by atoms with Crippen LogP contribution in [0.4, 0.5) is 4.39 Å². The maximum absolute atomic E-state index is 13.3. The van der Waals surface area contributed by atoms with Gasteiger partial charge in [-0.15, -0.1) is 0 Å². The van der Waals surface area contributed by atoms with Crippen LogP contribution in [0.1, 0.15) is 11.1 Å². The number of carbonyl (C=O) groups is 1. The summed E-state index contributed by atoms with van der Waals surface area (Å²) in [7, 11) is 1.28. The van der Waals surface area contributed by atoms with Crippen molar-refractivity contribution < 1.29 is 13.9 Å². The maximum Gasteiger partial charge on any atom is 0.310 e. The van der Waals surface area contributed by atoms with Gasteiger partial charge in [0.15, 0.2) is 0 Å². The van der Waals surface area contributed by atoms with Crippen molar-refractivity contribution in [1.82, 2.24) is 0 Å². The summed E-state index contributed by atoms with van der Waals surface area (Å²) in [4.78, 5) is 11.0. The summed E-state index contributed by atoms with van der Waals surface area (Å²) in [6.07, 6.45) is -0.0510. The highest BCUT2D eigenvalue weighted by Crippen LogP contribution is 2.24. The molecule has 0 aliphatic heterocycles. The topological polar surface area (TPSA) is 26.3 Å². The van der Waals surface area contributed by atoms with Crippen LogP contribution in [0.15, 0.2) is 16.6 Å². The van der Waals surface area contributed by atoms with Gasteiger partial charge in [-0.2, -0.15) is 0 Å². The van der Waals surface area contributed by atoms with Gasteiger partial charge in [-0.05, 0) is 18.6 Å². The summed E-state index contributed by atoms with van der Waals surface area (Å²) < 4.78 is 18.4. The molecule has 76 valence electrons. The van der Waals surface area contributed by atoms with Crippen LogP contribution in [0, 0.1) is 12.7 Å². The summed E-state index contributed by atoms with van der Waals surface area (Å²) in [5.41, 5.74) is 1.24. The number of carbonyl (C=O) groups excluding carboxylic acids is 1. The van der Waals surface area contributed by atoms with Crippen molar-refractivity contribution in [3.8, 4) is 0 Å². The molecule has 0 saturated carbocycles. The minimum absolute atomic E-state index is 0.0510. The number of halogens is 2. The molecule has 0 radical (unpaired) electrons. The normalized spacial score (nSPS) is 10.0. The van der Waals surface area contributed by atoms with Crippen molar-refractivity contribution in [3.63, 3.8) is 0 Å². The highest BCUT2D eigenvalue weighted by atomic mass is 79.9. The van der Waals surface area contributed by atoms with Gasteiger partial charge in [0, 0.05) is 10.0 Å². The van der Waals surface area contributed by atoms with E-state index in [1.165, 1.54) is 13.2 Å². The molecule has 4 heteroatoms. The molecule has 0 amide bonds. The Morgan fingerprint density at radius 1 is 1.57 bits per heavy atom. The molecule has 1 aromatic rings. The Kier molecular flexibility index (Phi) is 3.63. The van der Waals surface area contributed by atoms with E-state index >= 15 is 0 Å². The summed E-state index contributed by atoms with van der Waals surface area (Å²) >= 11 is 3.24. The molecule has 1 rings (SSSR count). The zero-order chi connectivity index (χ0) is 10.7. The van der Waals surface area contributed by atoms with Crippen LogP contribution in [0.5, 0.6) is 0 Å². The summed E-state index contributed by atoms with van der Waals surface area (Å²) in [6.45, 7) is 1.84. The van der Waals surface area contributed by atoms with Crippen molar-refractivity contribution in [1.29, 1.82) is 0 Å². The van der Waals surface area contributed by atoms with Crippen LogP contribution in [-0.4, -0.2) is 13.1 Å². The minimum Gasteiger partial charge on any atom is -0.469 e. The predicted octanol–water partition coefficient (Wildman–Crippen LogP) is 2.61. The molecule has 0 fully saturated rings. The van der Waals surface area contributed by atoms with Gasteiger partial charge in [0.1, 0.15) is 5.82 Å². The van der Waals surface area contributed by atoms with Gasteiger partial charge in [-0.3, -0.25) is 4.79 Å². The summed E-state index contributed by atoms with van der Waals surface area (Å²) in [6, 6.07) is 3.00. The first kappa shape index (κ1) is 11.2. The number of aryl methyl sites for hydroxylation is 1.